The van der Waals surface area contributed by atoms with Crippen LogP contribution >= 0.6 is 0 Å². The van der Waals surface area contributed by atoms with E-state index < -0.39 is 0 Å². The van der Waals surface area contributed by atoms with Gasteiger partial charge in [-0.2, -0.15) is 5.10 Å². The fourth-order valence-corrected chi connectivity index (χ4v) is 2.82. The third-order valence-corrected chi connectivity index (χ3v) is 4.28. The van der Waals surface area contributed by atoms with E-state index in [9.17, 15) is 9.59 Å². The van der Waals surface area contributed by atoms with Crippen molar-refractivity contribution in [3.05, 3.63) is 77.6 Å². The maximum atomic E-state index is 12.9. The molecule has 0 saturated heterocycles. The zero-order valence-electron chi connectivity index (χ0n) is 16.0. The molecule has 2 amide bonds. The molecule has 0 aliphatic heterocycles. The van der Waals surface area contributed by atoms with Crippen LogP contribution in [0.25, 0.3) is 0 Å². The van der Waals surface area contributed by atoms with Crippen molar-refractivity contribution in [1.82, 2.24) is 14.7 Å². The number of carbonyl (C=O) groups is 2. The van der Waals surface area contributed by atoms with Gasteiger partial charge in [-0.1, -0.05) is 12.1 Å². The van der Waals surface area contributed by atoms with Crippen LogP contribution < -0.4 is 10.1 Å². The number of aromatic nitrogens is 2. The van der Waals surface area contributed by atoms with Crippen LogP contribution in [-0.2, 0) is 13.6 Å². The smallest absolute Gasteiger partial charge is 0.256 e. The molecule has 0 bridgehead atoms. The summed E-state index contributed by atoms with van der Waals surface area (Å²) in [6.07, 6.45) is 3.59. The summed E-state index contributed by atoms with van der Waals surface area (Å²) in [7, 11) is 5.12. The molecule has 0 spiro atoms. The third kappa shape index (κ3) is 4.37. The summed E-state index contributed by atoms with van der Waals surface area (Å²) in [5.41, 5.74) is 2.30. The summed E-state index contributed by atoms with van der Waals surface area (Å²) in [6, 6.07) is 13.7. The number of nitrogens with one attached hydrogen (secondary N) is 1. The highest BCUT2D eigenvalue weighted by Crippen LogP contribution is 2.20. The van der Waals surface area contributed by atoms with E-state index in [1.165, 1.54) is 0 Å². The van der Waals surface area contributed by atoms with E-state index in [4.69, 9.17) is 4.74 Å². The summed E-state index contributed by atoms with van der Waals surface area (Å²) >= 11 is 0. The Kier molecular flexibility index (Phi) is 5.74. The lowest BCUT2D eigenvalue weighted by molar-refractivity contribution is 0.0786. The van der Waals surface area contributed by atoms with E-state index in [2.05, 4.69) is 10.4 Å². The number of methoxy groups -OCH3 is 1. The van der Waals surface area contributed by atoms with Crippen LogP contribution in [-0.4, -0.2) is 40.7 Å². The SMILES string of the molecule is COc1ccc(C(=O)Nc2ccccc2C(=O)N(C)Cc2cnn(C)c2)cc1. The monoisotopic (exact) mass is 378 g/mol. The molecule has 2 aromatic carbocycles. The van der Waals surface area contributed by atoms with Crippen LogP contribution in [0, 0.1) is 0 Å². The summed E-state index contributed by atoms with van der Waals surface area (Å²) in [4.78, 5) is 27.1. The Labute approximate surface area is 163 Å². The van der Waals surface area contributed by atoms with Gasteiger partial charge in [0.15, 0.2) is 0 Å². The van der Waals surface area contributed by atoms with Gasteiger partial charge in [0.25, 0.3) is 11.8 Å². The molecule has 7 heteroatoms. The van der Waals surface area contributed by atoms with Crippen LogP contribution in [0.15, 0.2) is 60.9 Å². The average Bonchev–Trinajstić information content (AvgIpc) is 3.12. The van der Waals surface area contributed by atoms with Gasteiger partial charge in [-0.05, 0) is 36.4 Å². The number of benzene rings is 2. The average molecular weight is 378 g/mol. The van der Waals surface area contributed by atoms with Crippen LogP contribution in [0.1, 0.15) is 26.3 Å². The van der Waals surface area contributed by atoms with Crippen molar-refractivity contribution in [2.75, 3.05) is 19.5 Å². The van der Waals surface area contributed by atoms with Crippen LogP contribution in [0.4, 0.5) is 5.69 Å². The Hall–Kier alpha value is -3.61. The predicted octanol–water partition coefficient (Wildman–Crippen LogP) is 2.95. The molecular formula is C21H22N4O3. The first-order valence-electron chi connectivity index (χ1n) is 8.75. The Balaban J connectivity index is 1.76. The van der Waals surface area contributed by atoms with E-state index in [0.29, 0.717) is 29.1 Å². The second-order valence-corrected chi connectivity index (χ2v) is 6.41. The Morgan fingerprint density at radius 2 is 1.86 bits per heavy atom. The molecule has 28 heavy (non-hydrogen) atoms. The Morgan fingerprint density at radius 3 is 2.50 bits per heavy atom. The quantitative estimate of drug-likeness (QED) is 0.715. The lowest BCUT2D eigenvalue weighted by Gasteiger charge is -2.18. The lowest BCUT2D eigenvalue weighted by Crippen LogP contribution is -2.27. The standard InChI is InChI=1S/C21H22N4O3/c1-24(13-15-12-22-25(2)14-15)21(27)18-6-4-5-7-19(18)23-20(26)16-8-10-17(28-3)11-9-16/h4-12,14H,13H2,1-3H3,(H,23,26). The summed E-state index contributed by atoms with van der Waals surface area (Å²) in [5.74, 6) is 0.191. The molecule has 0 unspecified atom stereocenters. The highest BCUT2D eigenvalue weighted by atomic mass is 16.5. The normalized spacial score (nSPS) is 10.4. The van der Waals surface area contributed by atoms with Crippen LogP contribution in [0.5, 0.6) is 5.75 Å². The Bertz CT molecular complexity index is 979. The predicted molar refractivity (Wildman–Crippen MR) is 106 cm³/mol. The molecule has 0 radical (unpaired) electrons. The van der Waals surface area contributed by atoms with Gasteiger partial charge in [0.1, 0.15) is 5.75 Å². The molecule has 0 fully saturated rings. The van der Waals surface area contributed by atoms with E-state index in [1.54, 1.807) is 78.5 Å². The first-order chi connectivity index (χ1) is 13.5. The first kappa shape index (κ1) is 19.2. The van der Waals surface area contributed by atoms with Crippen molar-refractivity contribution in [2.45, 2.75) is 6.54 Å². The van der Waals surface area contributed by atoms with Crippen molar-refractivity contribution in [1.29, 1.82) is 0 Å². The minimum absolute atomic E-state index is 0.186. The van der Waals surface area contributed by atoms with Crippen molar-refractivity contribution >= 4 is 17.5 Å². The summed E-state index contributed by atoms with van der Waals surface area (Å²) in [6.45, 7) is 0.424. The minimum Gasteiger partial charge on any atom is -0.497 e. The number of aryl methyl sites for hydroxylation is 1. The molecule has 3 aromatic rings. The molecule has 0 aliphatic rings. The lowest BCUT2D eigenvalue weighted by atomic mass is 10.1. The van der Waals surface area contributed by atoms with E-state index in [0.717, 1.165) is 5.56 Å². The minimum atomic E-state index is -0.294. The van der Waals surface area contributed by atoms with E-state index in [1.807, 2.05) is 13.2 Å². The number of carbonyl (C=O) groups excluding carboxylic acids is 2. The van der Waals surface area contributed by atoms with Gasteiger partial charge in [-0.3, -0.25) is 14.3 Å². The second kappa shape index (κ2) is 8.39. The second-order valence-electron chi connectivity index (χ2n) is 6.41. The molecule has 3 rings (SSSR count). The zero-order chi connectivity index (χ0) is 20.1. The fraction of sp³-hybridized carbons (Fsp3) is 0.190. The van der Waals surface area contributed by atoms with Crippen molar-refractivity contribution in [2.24, 2.45) is 7.05 Å². The largest absolute Gasteiger partial charge is 0.497 e. The number of anilines is 1. The third-order valence-electron chi connectivity index (χ3n) is 4.28. The van der Waals surface area contributed by atoms with Crippen LogP contribution in [0.2, 0.25) is 0 Å². The van der Waals surface area contributed by atoms with Crippen molar-refractivity contribution in [3.63, 3.8) is 0 Å². The molecule has 144 valence electrons. The topological polar surface area (TPSA) is 76.5 Å². The van der Waals surface area contributed by atoms with Crippen molar-refractivity contribution in [3.8, 4) is 5.75 Å². The van der Waals surface area contributed by atoms with Crippen molar-refractivity contribution < 1.29 is 14.3 Å². The fourth-order valence-electron chi connectivity index (χ4n) is 2.82. The maximum absolute atomic E-state index is 12.9. The molecule has 1 aromatic heterocycles. The maximum Gasteiger partial charge on any atom is 0.256 e. The highest BCUT2D eigenvalue weighted by Gasteiger charge is 2.18. The van der Waals surface area contributed by atoms with Gasteiger partial charge < -0.3 is 15.0 Å². The molecule has 1 N–H and O–H groups in total. The number of hydrogen-bond acceptors (Lipinski definition) is 4. The summed E-state index contributed by atoms with van der Waals surface area (Å²) < 4.78 is 6.80. The summed E-state index contributed by atoms with van der Waals surface area (Å²) in [5, 5.41) is 6.94. The number of rotatable bonds is 6. The molecule has 0 saturated carbocycles. The molecule has 7 nitrogen and oxygen atoms in total. The van der Waals surface area contributed by atoms with Gasteiger partial charge in [0.05, 0.1) is 24.6 Å². The van der Waals surface area contributed by atoms with E-state index in [-0.39, 0.29) is 11.8 Å². The molecular weight excluding hydrogens is 356 g/mol. The number of hydrogen-bond donors (Lipinski definition) is 1. The number of ether oxygens (including phenoxy) is 1. The van der Waals surface area contributed by atoms with E-state index >= 15 is 0 Å². The van der Waals surface area contributed by atoms with Gasteiger partial charge in [-0.25, -0.2) is 0 Å². The molecule has 0 atom stereocenters. The number of amides is 2. The van der Waals surface area contributed by atoms with Gasteiger partial charge in [-0.15, -0.1) is 0 Å². The zero-order valence-corrected chi connectivity index (χ0v) is 16.0. The van der Waals surface area contributed by atoms with Gasteiger partial charge in [0, 0.05) is 38.0 Å². The first-order valence-corrected chi connectivity index (χ1v) is 8.75. The van der Waals surface area contributed by atoms with Gasteiger partial charge in [0.2, 0.25) is 0 Å². The Morgan fingerprint density at radius 1 is 1.14 bits per heavy atom. The molecule has 0 aliphatic carbocycles. The van der Waals surface area contributed by atoms with Gasteiger partial charge >= 0.3 is 0 Å². The molecule has 1 heterocycles. The highest BCUT2D eigenvalue weighted by molar-refractivity contribution is 6.09. The van der Waals surface area contributed by atoms with Crippen LogP contribution in [0.3, 0.4) is 0 Å². The number of nitrogens with zero attached hydrogens (tertiary/aromatic N) is 3. The number of para-hydroxylation sites is 1.